The van der Waals surface area contributed by atoms with E-state index in [1.54, 1.807) is 6.92 Å². The van der Waals surface area contributed by atoms with Crippen molar-refractivity contribution in [2.24, 2.45) is 0 Å². The quantitative estimate of drug-likeness (QED) is 0.514. The minimum Gasteiger partial charge on any atom is -0.463 e. The zero-order valence-electron chi connectivity index (χ0n) is 9.02. The zero-order valence-corrected chi connectivity index (χ0v) is 9.84. The summed E-state index contributed by atoms with van der Waals surface area (Å²) in [6, 6.07) is 0. The van der Waals surface area contributed by atoms with Gasteiger partial charge in [0, 0.05) is 6.42 Å². The summed E-state index contributed by atoms with van der Waals surface area (Å²) in [5.74, 6) is -0.0176. The van der Waals surface area contributed by atoms with Crippen LogP contribution in [0.2, 0.25) is 0 Å². The summed E-state index contributed by atoms with van der Waals surface area (Å²) in [4.78, 5) is 21.8. The predicted molar refractivity (Wildman–Crippen MR) is 56.7 cm³/mol. The maximum atomic E-state index is 11.0. The molecule has 0 atom stereocenters. The number of ether oxygens (including phenoxy) is 2. The minimum absolute atomic E-state index is 0.132. The van der Waals surface area contributed by atoms with Crippen LogP contribution < -0.4 is 0 Å². The second-order valence-corrected chi connectivity index (χ2v) is 4.58. The van der Waals surface area contributed by atoms with Crippen LogP contribution in [0.1, 0.15) is 20.3 Å². The van der Waals surface area contributed by atoms with Gasteiger partial charge in [0.05, 0.1) is 6.61 Å². The maximum Gasteiger partial charge on any atom is 0.344 e. The molecule has 0 heterocycles. The Kier molecular flexibility index (Phi) is 7.77. The molecule has 0 radical (unpaired) electrons. The van der Waals surface area contributed by atoms with Gasteiger partial charge in [-0.1, -0.05) is 6.92 Å². The molecule has 0 saturated heterocycles. The fourth-order valence-corrected chi connectivity index (χ4v) is 1.45. The third-order valence-corrected chi connectivity index (χ3v) is 2.87. The van der Waals surface area contributed by atoms with Crippen LogP contribution in [-0.4, -0.2) is 36.7 Å². The Balaban J connectivity index is 3.59. The van der Waals surface area contributed by atoms with Gasteiger partial charge in [-0.15, -0.1) is 11.5 Å². The molecule has 5 nitrogen and oxygen atoms in total. The number of carbonyl (C=O) groups is 2. The molecule has 0 fully saturated rings. The first-order valence-electron chi connectivity index (χ1n) is 4.78. The van der Waals surface area contributed by atoms with Crippen LogP contribution in [0.15, 0.2) is 0 Å². The normalized spacial score (nSPS) is 10.0. The van der Waals surface area contributed by atoms with Crippen LogP contribution in [0.3, 0.4) is 0 Å². The average molecular weight is 234 g/mol. The average Bonchev–Trinajstić information content (AvgIpc) is 2.23. The molecule has 0 aromatic heterocycles. The highest BCUT2D eigenvalue weighted by Gasteiger charge is 2.06. The van der Waals surface area contributed by atoms with Crippen molar-refractivity contribution in [2.75, 3.05) is 24.7 Å². The topological polar surface area (TPSA) is 76.4 Å². The Morgan fingerprint density at radius 3 is 2.40 bits per heavy atom. The van der Waals surface area contributed by atoms with Crippen LogP contribution in [0.4, 0.5) is 0 Å². The van der Waals surface area contributed by atoms with Crippen LogP contribution >= 0.6 is 0 Å². The highest BCUT2D eigenvalue weighted by molar-refractivity contribution is 7.83. The summed E-state index contributed by atoms with van der Waals surface area (Å²) >= 11 is 0. The first-order chi connectivity index (χ1) is 7.10. The number of nitrogens with zero attached hydrogens (tertiary/aromatic N) is 1. The van der Waals surface area contributed by atoms with Crippen molar-refractivity contribution in [1.29, 1.82) is 4.61 Å². The Bertz CT molecular complexity index is 282. The number of rotatable bonds is 5. The van der Waals surface area contributed by atoms with E-state index in [-0.39, 0.29) is 19.6 Å². The van der Waals surface area contributed by atoms with Gasteiger partial charge in [0.15, 0.2) is 6.61 Å². The lowest BCUT2D eigenvalue weighted by atomic mass is 10.5. The molecule has 0 aliphatic heterocycles. The first-order valence-corrected chi connectivity index (χ1v) is 6.29. The molecule has 0 bridgehead atoms. The van der Waals surface area contributed by atoms with E-state index in [2.05, 4.69) is 9.47 Å². The molecule has 0 rings (SSSR count). The van der Waals surface area contributed by atoms with E-state index in [1.165, 1.54) is 0 Å². The van der Waals surface area contributed by atoms with Gasteiger partial charge in [0.1, 0.15) is 0 Å². The molecule has 6 heteroatoms. The molecule has 0 aliphatic carbocycles. The van der Waals surface area contributed by atoms with Crippen molar-refractivity contribution in [3.63, 3.8) is 0 Å². The summed E-state index contributed by atoms with van der Waals surface area (Å²) in [6.45, 7) is 3.44. The van der Waals surface area contributed by atoms with Crippen molar-refractivity contribution in [3.8, 4) is 0 Å². The van der Waals surface area contributed by atoms with E-state index >= 15 is 0 Å². The molecule has 0 aromatic carbocycles. The Morgan fingerprint density at radius 1 is 1.20 bits per heavy atom. The van der Waals surface area contributed by atoms with Crippen molar-refractivity contribution < 1.29 is 19.1 Å². The SMILES string of the molecule is CCOC(=O)COC(=O)CC[S-](#N)CC. The van der Waals surface area contributed by atoms with E-state index in [0.29, 0.717) is 11.5 Å². The monoisotopic (exact) mass is 234 g/mol. The van der Waals surface area contributed by atoms with Gasteiger partial charge >= 0.3 is 11.9 Å². The first kappa shape index (κ1) is 14.0. The molecule has 0 unspecified atom stereocenters. The van der Waals surface area contributed by atoms with E-state index < -0.39 is 22.5 Å². The standard InChI is InChI=1S/C9H16NO4S/c1-3-13-9(12)7-14-8(11)5-6-15(10)4-2/h3-7H2,1-2H3/q-1. The molecule has 15 heavy (non-hydrogen) atoms. The van der Waals surface area contributed by atoms with Crippen molar-refractivity contribution in [1.82, 2.24) is 0 Å². The third-order valence-electron chi connectivity index (χ3n) is 1.53. The Hall–Kier alpha value is -1.00. The van der Waals surface area contributed by atoms with Gasteiger partial charge < -0.3 is 24.6 Å². The highest BCUT2D eigenvalue weighted by atomic mass is 32.2. The van der Waals surface area contributed by atoms with E-state index in [0.717, 1.165) is 0 Å². The minimum atomic E-state index is -0.732. The molecule has 0 spiro atoms. The fourth-order valence-electron chi connectivity index (χ4n) is 0.760. The summed E-state index contributed by atoms with van der Waals surface area (Å²) in [5, 5.41) is 0. The molecule has 0 aromatic rings. The van der Waals surface area contributed by atoms with E-state index in [9.17, 15) is 14.2 Å². The molecule has 0 N–H and O–H groups in total. The third kappa shape index (κ3) is 8.03. The van der Waals surface area contributed by atoms with Crippen molar-refractivity contribution in [2.45, 2.75) is 20.3 Å². The number of hydrogen-bond donors (Lipinski definition) is 0. The van der Waals surface area contributed by atoms with Crippen LogP contribution in [0.25, 0.3) is 0 Å². The molecular formula is C9H16NO4S-. The van der Waals surface area contributed by atoms with Gasteiger partial charge in [-0.3, -0.25) is 4.79 Å². The molecule has 0 aliphatic rings. The predicted octanol–water partition coefficient (Wildman–Crippen LogP) is 0.600. The zero-order chi connectivity index (χ0) is 11.7. The molecule has 0 amide bonds. The largest absolute Gasteiger partial charge is 0.463 e. The highest BCUT2D eigenvalue weighted by Crippen LogP contribution is 1.91. The van der Waals surface area contributed by atoms with E-state index in [4.69, 9.17) is 0 Å². The van der Waals surface area contributed by atoms with Crippen molar-refractivity contribution in [3.05, 3.63) is 0 Å². The smallest absolute Gasteiger partial charge is 0.344 e. The van der Waals surface area contributed by atoms with Crippen molar-refractivity contribution >= 4 is 22.5 Å². The fraction of sp³-hybridized carbons (Fsp3) is 0.778. The van der Waals surface area contributed by atoms with Gasteiger partial charge in [-0.25, -0.2) is 4.79 Å². The van der Waals surface area contributed by atoms with Gasteiger partial charge in [-0.2, -0.15) is 0 Å². The van der Waals surface area contributed by atoms with Crippen LogP contribution in [0.5, 0.6) is 0 Å². The lowest BCUT2D eigenvalue weighted by Gasteiger charge is -2.09. The number of carbonyl (C=O) groups excluding carboxylic acids is 2. The van der Waals surface area contributed by atoms with Crippen LogP contribution in [-0.2, 0) is 29.6 Å². The van der Waals surface area contributed by atoms with Gasteiger partial charge in [0.2, 0.25) is 0 Å². The molecular weight excluding hydrogens is 218 g/mol. The Morgan fingerprint density at radius 2 is 1.87 bits per heavy atom. The van der Waals surface area contributed by atoms with Gasteiger partial charge in [0.25, 0.3) is 0 Å². The Labute approximate surface area is 91.7 Å². The summed E-state index contributed by atoms with van der Waals surface area (Å²) < 4.78 is 18.4. The molecule has 0 saturated carbocycles. The second kappa shape index (κ2) is 8.32. The second-order valence-electron chi connectivity index (χ2n) is 2.67. The summed E-state index contributed by atoms with van der Waals surface area (Å²) in [6.07, 6.45) is 0.132. The lowest BCUT2D eigenvalue weighted by Crippen LogP contribution is -2.17. The number of hydrogen-bond acceptors (Lipinski definition) is 6. The molecule has 88 valence electrons. The summed E-state index contributed by atoms with van der Waals surface area (Å²) in [5.41, 5.74) is 0. The maximum absolute atomic E-state index is 11.0. The van der Waals surface area contributed by atoms with Crippen LogP contribution in [0, 0.1) is 4.61 Å². The van der Waals surface area contributed by atoms with E-state index in [1.807, 2.05) is 6.92 Å². The van der Waals surface area contributed by atoms with Gasteiger partial charge in [-0.05, 0) is 6.92 Å². The summed E-state index contributed by atoms with van der Waals surface area (Å²) in [7, 11) is -0.732. The number of esters is 2. The lowest BCUT2D eigenvalue weighted by molar-refractivity contribution is -0.158.